The lowest BCUT2D eigenvalue weighted by atomic mass is 10.3. The van der Waals surface area contributed by atoms with E-state index >= 15 is 0 Å². The maximum atomic E-state index is 10.4. The summed E-state index contributed by atoms with van der Waals surface area (Å²) in [6, 6.07) is 0. The zero-order valence-electron chi connectivity index (χ0n) is 5.65. The van der Waals surface area contributed by atoms with Crippen molar-refractivity contribution < 1.29 is 4.79 Å². The van der Waals surface area contributed by atoms with Crippen LogP contribution in [0.1, 0.15) is 5.56 Å². The molecule has 0 amide bonds. The molecule has 0 unspecified atom stereocenters. The molecule has 1 aromatic heterocycles. The summed E-state index contributed by atoms with van der Waals surface area (Å²) in [5.41, 5.74) is 0.296. The molecule has 1 N–H and O–H groups in total. The molecular weight excluding hydrogens is 144 g/mol. The number of hydrogen-bond acceptors (Lipinski definition) is 3. The van der Waals surface area contributed by atoms with Crippen LogP contribution in [-0.2, 0) is 4.79 Å². The van der Waals surface area contributed by atoms with Crippen molar-refractivity contribution >= 4 is 12.4 Å². The monoisotopic (exact) mass is 150 g/mol. The quantitative estimate of drug-likeness (QED) is 0.476. The zero-order valence-corrected chi connectivity index (χ0v) is 5.65. The fraction of sp³-hybridized carbons (Fsp3) is 0. The number of rotatable bonds is 2. The molecule has 11 heavy (non-hydrogen) atoms. The number of carbonyl (C=O) groups excluding carboxylic acids is 1. The fourth-order valence-electron chi connectivity index (χ4n) is 0.594. The third-order valence-electron chi connectivity index (χ3n) is 1.06. The molecule has 0 aliphatic heterocycles. The Morgan fingerprint density at radius 3 is 2.91 bits per heavy atom. The minimum absolute atomic E-state index is 0.395. The van der Waals surface area contributed by atoms with E-state index in [4.69, 9.17) is 0 Å². The summed E-state index contributed by atoms with van der Waals surface area (Å²) in [5, 5.41) is 0. The van der Waals surface area contributed by atoms with E-state index in [9.17, 15) is 9.59 Å². The van der Waals surface area contributed by atoms with Crippen LogP contribution in [0.5, 0.6) is 0 Å². The average Bonchev–Trinajstić information content (AvgIpc) is 2.04. The summed E-state index contributed by atoms with van der Waals surface area (Å²) >= 11 is 0. The van der Waals surface area contributed by atoms with E-state index in [1.165, 1.54) is 18.5 Å². The van der Waals surface area contributed by atoms with Gasteiger partial charge in [-0.05, 0) is 12.2 Å². The lowest BCUT2D eigenvalue weighted by molar-refractivity contribution is -0.104. The van der Waals surface area contributed by atoms with Crippen LogP contribution >= 0.6 is 0 Å². The van der Waals surface area contributed by atoms with Gasteiger partial charge in [-0.3, -0.25) is 4.79 Å². The minimum Gasteiger partial charge on any atom is -0.312 e. The van der Waals surface area contributed by atoms with E-state index < -0.39 is 5.69 Å². The molecular formula is C7H6N2O2. The van der Waals surface area contributed by atoms with Crippen LogP contribution in [0.3, 0.4) is 0 Å². The summed E-state index contributed by atoms with van der Waals surface area (Å²) in [6.07, 6.45) is 6.41. The van der Waals surface area contributed by atoms with E-state index in [0.29, 0.717) is 11.8 Å². The van der Waals surface area contributed by atoms with Gasteiger partial charge in [0, 0.05) is 18.0 Å². The standard InChI is InChI=1S/C7H6N2O2/c10-3-1-2-6-4-8-7(11)9-5-6/h1-5H,(H,8,9,11). The first-order valence-electron chi connectivity index (χ1n) is 2.99. The van der Waals surface area contributed by atoms with Crippen LogP contribution in [0.25, 0.3) is 6.08 Å². The molecule has 4 heteroatoms. The molecule has 0 aliphatic rings. The van der Waals surface area contributed by atoms with E-state index in [2.05, 4.69) is 9.97 Å². The smallest absolute Gasteiger partial charge is 0.312 e. The molecule has 56 valence electrons. The van der Waals surface area contributed by atoms with Gasteiger partial charge in [0.05, 0.1) is 0 Å². The zero-order chi connectivity index (χ0) is 8.10. The Morgan fingerprint density at radius 2 is 2.36 bits per heavy atom. The Bertz CT molecular complexity index is 307. The second kappa shape index (κ2) is 3.46. The predicted octanol–water partition coefficient (Wildman–Crippen LogP) is -0.0180. The van der Waals surface area contributed by atoms with Crippen molar-refractivity contribution in [1.82, 2.24) is 9.97 Å². The summed E-state index contributed by atoms with van der Waals surface area (Å²) in [5.74, 6) is 0. The van der Waals surface area contributed by atoms with Gasteiger partial charge in [-0.15, -0.1) is 0 Å². The maximum Gasteiger partial charge on any atom is 0.344 e. The molecule has 1 rings (SSSR count). The highest BCUT2D eigenvalue weighted by molar-refractivity contribution is 5.73. The van der Waals surface area contributed by atoms with Crippen molar-refractivity contribution in [2.24, 2.45) is 0 Å². The summed E-state index contributed by atoms with van der Waals surface area (Å²) in [7, 11) is 0. The number of aromatic nitrogens is 2. The van der Waals surface area contributed by atoms with Crippen LogP contribution in [0.15, 0.2) is 23.3 Å². The van der Waals surface area contributed by atoms with Gasteiger partial charge in [0.25, 0.3) is 0 Å². The van der Waals surface area contributed by atoms with Gasteiger partial charge in [-0.2, -0.15) is 0 Å². The van der Waals surface area contributed by atoms with Crippen molar-refractivity contribution in [3.05, 3.63) is 34.5 Å². The minimum atomic E-state index is -0.395. The van der Waals surface area contributed by atoms with Crippen molar-refractivity contribution in [3.8, 4) is 0 Å². The van der Waals surface area contributed by atoms with Crippen LogP contribution in [0, 0.1) is 0 Å². The van der Waals surface area contributed by atoms with Crippen LogP contribution in [0.4, 0.5) is 0 Å². The second-order valence-electron chi connectivity index (χ2n) is 1.85. The highest BCUT2D eigenvalue weighted by Crippen LogP contribution is 1.92. The van der Waals surface area contributed by atoms with Gasteiger partial charge in [0.1, 0.15) is 6.29 Å². The molecule has 1 heterocycles. The largest absolute Gasteiger partial charge is 0.344 e. The van der Waals surface area contributed by atoms with Crippen molar-refractivity contribution in [3.63, 3.8) is 0 Å². The van der Waals surface area contributed by atoms with E-state index in [1.807, 2.05) is 0 Å². The number of carbonyl (C=O) groups is 1. The number of aldehydes is 1. The van der Waals surface area contributed by atoms with Gasteiger partial charge in [-0.1, -0.05) is 0 Å². The lowest BCUT2D eigenvalue weighted by Gasteiger charge is -1.86. The van der Waals surface area contributed by atoms with Crippen molar-refractivity contribution in [1.29, 1.82) is 0 Å². The normalized spacial score (nSPS) is 10.2. The number of nitrogens with zero attached hydrogens (tertiary/aromatic N) is 1. The SMILES string of the molecule is O=CC=Cc1cnc(=O)[nH]c1. The molecule has 0 atom stereocenters. The molecule has 0 aromatic carbocycles. The molecule has 0 bridgehead atoms. The first-order chi connectivity index (χ1) is 5.33. The Kier molecular flexibility index (Phi) is 2.32. The van der Waals surface area contributed by atoms with Gasteiger partial charge >= 0.3 is 5.69 Å². The molecule has 0 radical (unpaired) electrons. The third-order valence-corrected chi connectivity index (χ3v) is 1.06. The fourth-order valence-corrected chi connectivity index (χ4v) is 0.594. The summed E-state index contributed by atoms with van der Waals surface area (Å²) in [4.78, 5) is 26.1. The Balaban J connectivity index is 2.90. The van der Waals surface area contributed by atoms with Crippen LogP contribution < -0.4 is 5.69 Å². The number of nitrogens with one attached hydrogen (secondary N) is 1. The first kappa shape index (κ1) is 7.40. The number of hydrogen-bond donors (Lipinski definition) is 1. The first-order valence-corrected chi connectivity index (χ1v) is 2.99. The molecule has 0 saturated carbocycles. The van der Waals surface area contributed by atoms with Crippen LogP contribution in [-0.4, -0.2) is 16.3 Å². The Hall–Kier alpha value is -1.71. The number of allylic oxidation sites excluding steroid dienone is 1. The average molecular weight is 150 g/mol. The van der Waals surface area contributed by atoms with E-state index in [-0.39, 0.29) is 0 Å². The van der Waals surface area contributed by atoms with E-state index in [1.54, 1.807) is 6.08 Å². The predicted molar refractivity (Wildman–Crippen MR) is 40.0 cm³/mol. The topological polar surface area (TPSA) is 62.8 Å². The molecule has 0 spiro atoms. The van der Waals surface area contributed by atoms with Crippen molar-refractivity contribution in [2.75, 3.05) is 0 Å². The molecule has 0 aliphatic carbocycles. The molecule has 0 fully saturated rings. The van der Waals surface area contributed by atoms with Gasteiger partial charge < -0.3 is 4.98 Å². The lowest BCUT2D eigenvalue weighted by Crippen LogP contribution is -2.07. The van der Waals surface area contributed by atoms with E-state index in [0.717, 1.165) is 0 Å². The second-order valence-corrected chi connectivity index (χ2v) is 1.85. The summed E-state index contributed by atoms with van der Waals surface area (Å²) in [6.45, 7) is 0. The van der Waals surface area contributed by atoms with Gasteiger partial charge in [0.2, 0.25) is 0 Å². The Morgan fingerprint density at radius 1 is 1.55 bits per heavy atom. The highest BCUT2D eigenvalue weighted by Gasteiger charge is 1.84. The maximum absolute atomic E-state index is 10.4. The molecule has 0 saturated heterocycles. The Labute approximate surface area is 62.6 Å². The third kappa shape index (κ3) is 2.17. The number of H-pyrrole nitrogens is 1. The summed E-state index contributed by atoms with van der Waals surface area (Å²) < 4.78 is 0. The molecule has 1 aromatic rings. The van der Waals surface area contributed by atoms with Crippen LogP contribution in [0.2, 0.25) is 0 Å². The highest BCUT2D eigenvalue weighted by atomic mass is 16.1. The van der Waals surface area contributed by atoms with Gasteiger partial charge in [-0.25, -0.2) is 9.78 Å². The van der Waals surface area contributed by atoms with Gasteiger partial charge in [0.15, 0.2) is 0 Å². The molecule has 4 nitrogen and oxygen atoms in total. The number of aromatic amines is 1. The van der Waals surface area contributed by atoms with Crippen molar-refractivity contribution in [2.45, 2.75) is 0 Å².